The number of ether oxygens (including phenoxy) is 1. The summed E-state index contributed by atoms with van der Waals surface area (Å²) < 4.78 is 5.64. The SMILES string of the molecule is CCCC(C)CC1C(C(=O)OCc2ccc(C)cc2C)C1(C)C. The highest BCUT2D eigenvalue weighted by Crippen LogP contribution is 2.61. The molecule has 3 atom stereocenters. The Morgan fingerprint density at radius 1 is 1.30 bits per heavy atom. The summed E-state index contributed by atoms with van der Waals surface area (Å²) >= 11 is 0. The van der Waals surface area contributed by atoms with Crippen LogP contribution in [0, 0.1) is 37.0 Å². The highest BCUT2D eigenvalue weighted by Gasteiger charge is 2.62. The minimum Gasteiger partial charge on any atom is -0.461 e. The van der Waals surface area contributed by atoms with Crippen molar-refractivity contribution >= 4 is 5.97 Å². The highest BCUT2D eigenvalue weighted by molar-refractivity contribution is 5.77. The number of rotatable bonds is 7. The van der Waals surface area contributed by atoms with Crippen molar-refractivity contribution in [1.29, 1.82) is 0 Å². The minimum absolute atomic E-state index is 0.0105. The Kier molecular flexibility index (Phi) is 5.54. The van der Waals surface area contributed by atoms with Crippen molar-refractivity contribution in [2.45, 2.75) is 67.4 Å². The predicted molar refractivity (Wildman–Crippen MR) is 95.2 cm³/mol. The number of carbonyl (C=O) groups excluding carboxylic acids is 1. The fourth-order valence-electron chi connectivity index (χ4n) is 3.94. The van der Waals surface area contributed by atoms with Gasteiger partial charge in [0.15, 0.2) is 0 Å². The van der Waals surface area contributed by atoms with Crippen molar-refractivity contribution in [3.05, 3.63) is 34.9 Å². The van der Waals surface area contributed by atoms with Crippen LogP contribution in [-0.4, -0.2) is 5.97 Å². The van der Waals surface area contributed by atoms with E-state index >= 15 is 0 Å². The van der Waals surface area contributed by atoms with Gasteiger partial charge >= 0.3 is 5.97 Å². The summed E-state index contributed by atoms with van der Waals surface area (Å²) in [5, 5.41) is 0. The first-order chi connectivity index (χ1) is 10.8. The van der Waals surface area contributed by atoms with Crippen LogP contribution in [0.2, 0.25) is 0 Å². The van der Waals surface area contributed by atoms with Crippen molar-refractivity contribution in [2.75, 3.05) is 0 Å². The van der Waals surface area contributed by atoms with E-state index in [0.29, 0.717) is 18.4 Å². The molecule has 0 amide bonds. The van der Waals surface area contributed by atoms with Gasteiger partial charge in [0.05, 0.1) is 5.92 Å². The molecule has 23 heavy (non-hydrogen) atoms. The van der Waals surface area contributed by atoms with E-state index in [1.165, 1.54) is 24.0 Å². The van der Waals surface area contributed by atoms with Gasteiger partial charge in [-0.15, -0.1) is 0 Å². The normalized spacial score (nSPS) is 23.4. The summed E-state index contributed by atoms with van der Waals surface area (Å²) in [5.74, 6) is 1.24. The molecule has 0 spiro atoms. The molecule has 2 heteroatoms. The third-order valence-corrected chi connectivity index (χ3v) is 5.61. The van der Waals surface area contributed by atoms with E-state index in [4.69, 9.17) is 4.74 Å². The van der Waals surface area contributed by atoms with Gasteiger partial charge < -0.3 is 4.74 Å². The lowest BCUT2D eigenvalue weighted by Gasteiger charge is -2.10. The summed E-state index contributed by atoms with van der Waals surface area (Å²) in [6, 6.07) is 6.28. The predicted octanol–water partition coefficient (Wildman–Crippen LogP) is 5.45. The Hall–Kier alpha value is -1.31. The Morgan fingerprint density at radius 3 is 2.61 bits per heavy atom. The third kappa shape index (κ3) is 4.16. The second-order valence-corrected chi connectivity index (χ2v) is 8.07. The van der Waals surface area contributed by atoms with Crippen LogP contribution in [0.25, 0.3) is 0 Å². The summed E-state index contributed by atoms with van der Waals surface area (Å²) in [6.07, 6.45) is 3.61. The number of hydrogen-bond acceptors (Lipinski definition) is 2. The molecule has 2 nitrogen and oxygen atoms in total. The molecule has 1 aliphatic carbocycles. The van der Waals surface area contributed by atoms with Gasteiger partial charge in [0, 0.05) is 0 Å². The second kappa shape index (κ2) is 7.07. The maximum absolute atomic E-state index is 12.5. The van der Waals surface area contributed by atoms with Gasteiger partial charge in [-0.1, -0.05) is 64.3 Å². The molecule has 128 valence electrons. The minimum atomic E-state index is -0.0105. The lowest BCUT2D eigenvalue weighted by Crippen LogP contribution is -2.11. The van der Waals surface area contributed by atoms with Crippen molar-refractivity contribution in [2.24, 2.45) is 23.2 Å². The van der Waals surface area contributed by atoms with Crippen molar-refractivity contribution in [1.82, 2.24) is 0 Å². The lowest BCUT2D eigenvalue weighted by molar-refractivity contribution is -0.147. The van der Waals surface area contributed by atoms with Crippen molar-refractivity contribution < 1.29 is 9.53 Å². The average molecular weight is 316 g/mol. The van der Waals surface area contributed by atoms with Crippen LogP contribution in [0.5, 0.6) is 0 Å². The van der Waals surface area contributed by atoms with E-state index in [9.17, 15) is 4.79 Å². The van der Waals surface area contributed by atoms with E-state index in [1.807, 2.05) is 0 Å². The van der Waals surface area contributed by atoms with Crippen LogP contribution in [0.3, 0.4) is 0 Å². The smallest absolute Gasteiger partial charge is 0.310 e. The molecule has 3 unspecified atom stereocenters. The number of esters is 1. The van der Waals surface area contributed by atoms with E-state index < -0.39 is 0 Å². The molecule has 1 saturated carbocycles. The number of aryl methyl sites for hydroxylation is 2. The average Bonchev–Trinajstić information content (AvgIpc) is 2.98. The highest BCUT2D eigenvalue weighted by atomic mass is 16.5. The molecule has 1 aromatic rings. The largest absolute Gasteiger partial charge is 0.461 e. The summed E-state index contributed by atoms with van der Waals surface area (Å²) in [7, 11) is 0. The molecule has 1 aromatic carbocycles. The molecule has 2 rings (SSSR count). The van der Waals surface area contributed by atoms with Gasteiger partial charge in [0.1, 0.15) is 6.61 Å². The number of carbonyl (C=O) groups is 1. The Bertz CT molecular complexity index is 559. The standard InChI is InChI=1S/C21H32O2/c1-7-8-14(2)12-18-19(21(18,5)6)20(22)23-13-17-10-9-15(3)11-16(17)4/h9-11,14,18-19H,7-8,12-13H2,1-6H3. The van der Waals surface area contributed by atoms with Crippen LogP contribution < -0.4 is 0 Å². The first kappa shape index (κ1) is 18.0. The fourth-order valence-corrected chi connectivity index (χ4v) is 3.94. The molecule has 1 fully saturated rings. The topological polar surface area (TPSA) is 26.3 Å². The molecule has 0 aliphatic heterocycles. The molecule has 0 saturated heterocycles. The molecule has 0 heterocycles. The van der Waals surface area contributed by atoms with Gasteiger partial charge in [0.25, 0.3) is 0 Å². The van der Waals surface area contributed by atoms with E-state index in [2.05, 4.69) is 59.7 Å². The first-order valence-electron chi connectivity index (χ1n) is 9.00. The number of benzene rings is 1. The zero-order chi connectivity index (χ0) is 17.2. The summed E-state index contributed by atoms with van der Waals surface area (Å²) in [5.41, 5.74) is 3.65. The van der Waals surface area contributed by atoms with Gasteiger partial charge in [-0.3, -0.25) is 4.79 Å². The van der Waals surface area contributed by atoms with Crippen molar-refractivity contribution in [3.63, 3.8) is 0 Å². The zero-order valence-electron chi connectivity index (χ0n) is 15.6. The van der Waals surface area contributed by atoms with Crippen LogP contribution in [0.4, 0.5) is 0 Å². The molecular formula is C21H32O2. The summed E-state index contributed by atoms with van der Waals surface area (Å²) in [4.78, 5) is 12.5. The van der Waals surface area contributed by atoms with Crippen LogP contribution in [-0.2, 0) is 16.1 Å². The molecule has 0 aromatic heterocycles. The quantitative estimate of drug-likeness (QED) is 0.626. The van der Waals surface area contributed by atoms with E-state index in [1.54, 1.807) is 0 Å². The van der Waals surface area contributed by atoms with Gasteiger partial charge in [0.2, 0.25) is 0 Å². The maximum atomic E-state index is 12.5. The molecule has 1 aliphatic rings. The number of hydrogen-bond donors (Lipinski definition) is 0. The fraction of sp³-hybridized carbons (Fsp3) is 0.667. The monoisotopic (exact) mass is 316 g/mol. The van der Waals surface area contributed by atoms with Crippen LogP contribution in [0.15, 0.2) is 18.2 Å². The molecule has 0 bridgehead atoms. The van der Waals surface area contributed by atoms with Gasteiger partial charge in [-0.05, 0) is 48.6 Å². The Balaban J connectivity index is 1.90. The van der Waals surface area contributed by atoms with E-state index in [-0.39, 0.29) is 17.3 Å². The second-order valence-electron chi connectivity index (χ2n) is 8.07. The van der Waals surface area contributed by atoms with Crippen LogP contribution in [0.1, 0.15) is 63.6 Å². The maximum Gasteiger partial charge on any atom is 0.310 e. The van der Waals surface area contributed by atoms with Crippen molar-refractivity contribution in [3.8, 4) is 0 Å². The van der Waals surface area contributed by atoms with Gasteiger partial charge in [-0.2, -0.15) is 0 Å². The van der Waals surface area contributed by atoms with Gasteiger partial charge in [-0.25, -0.2) is 0 Å². The summed E-state index contributed by atoms with van der Waals surface area (Å²) in [6.45, 7) is 13.5. The van der Waals surface area contributed by atoms with E-state index in [0.717, 1.165) is 12.0 Å². The Labute approximate surface area is 141 Å². The Morgan fingerprint density at radius 2 is 2.00 bits per heavy atom. The molecule has 0 N–H and O–H groups in total. The third-order valence-electron chi connectivity index (χ3n) is 5.61. The molecular weight excluding hydrogens is 284 g/mol. The first-order valence-corrected chi connectivity index (χ1v) is 9.00. The zero-order valence-corrected chi connectivity index (χ0v) is 15.6. The molecule has 0 radical (unpaired) electrons. The lowest BCUT2D eigenvalue weighted by atomic mass is 9.96. The van der Waals surface area contributed by atoms with Crippen LogP contribution >= 0.6 is 0 Å².